The largest absolute Gasteiger partial charge is 0.457 e. The van der Waals surface area contributed by atoms with Crippen LogP contribution < -0.4 is 4.74 Å². The van der Waals surface area contributed by atoms with Gasteiger partial charge in [0.1, 0.15) is 11.5 Å². The summed E-state index contributed by atoms with van der Waals surface area (Å²) >= 11 is 3.38. The molecular weight excluding hydrogens is 375 g/mol. The molecule has 2 aromatic carbocycles. The summed E-state index contributed by atoms with van der Waals surface area (Å²) < 4.78 is 25.0. The summed E-state index contributed by atoms with van der Waals surface area (Å²) in [6.07, 6.45) is 0. The summed E-state index contributed by atoms with van der Waals surface area (Å²) in [5.41, 5.74) is 0. The van der Waals surface area contributed by atoms with Crippen molar-refractivity contribution in [1.82, 2.24) is 0 Å². The lowest BCUT2D eigenvalue weighted by Crippen LogP contribution is -1.82. The second-order valence-corrected chi connectivity index (χ2v) is 7.83. The Bertz CT molecular complexity index is 593. The molecule has 0 N–H and O–H groups in total. The van der Waals surface area contributed by atoms with E-state index in [0.29, 0.717) is 0 Å². The number of halogens is 3. The van der Waals surface area contributed by atoms with Gasteiger partial charge in [-0.05, 0) is 36.4 Å². The average molecular weight is 384 g/mol. The van der Waals surface area contributed by atoms with Crippen LogP contribution in [0.15, 0.2) is 59.1 Å². The molecule has 7 heteroatoms. The maximum Gasteiger partial charge on any atom is 0.317 e. The Hall–Kier alpha value is -0.750. The highest BCUT2D eigenvalue weighted by Crippen LogP contribution is 2.22. The molecule has 0 radical (unpaired) electrons. The zero-order chi connectivity index (χ0) is 14.3. The fourth-order valence-corrected chi connectivity index (χ4v) is 1.39. The van der Waals surface area contributed by atoms with Crippen LogP contribution in [0.3, 0.4) is 0 Å². The number of ether oxygens (including phenoxy) is 1. The van der Waals surface area contributed by atoms with Crippen LogP contribution in [0.2, 0.25) is 0 Å². The first kappa shape index (κ1) is 16.3. The second-order valence-electron chi connectivity index (χ2n) is 3.25. The van der Waals surface area contributed by atoms with Crippen LogP contribution in [-0.2, 0) is 8.26 Å². The SMILES string of the molecule is Brc1ccc(Oc2ccccc2)cc1.O=S(=O)(Cl)Cl. The fraction of sp³-hybridized carbons (Fsp3) is 0. The third-order valence-corrected chi connectivity index (χ3v) is 2.32. The highest BCUT2D eigenvalue weighted by atomic mass is 79.9. The summed E-state index contributed by atoms with van der Waals surface area (Å²) in [5, 5.41) is 0. The van der Waals surface area contributed by atoms with Crippen LogP contribution >= 0.6 is 37.3 Å². The van der Waals surface area contributed by atoms with E-state index >= 15 is 0 Å². The molecule has 0 unspecified atom stereocenters. The van der Waals surface area contributed by atoms with Crippen molar-refractivity contribution in [3.8, 4) is 11.5 Å². The van der Waals surface area contributed by atoms with Gasteiger partial charge in [0, 0.05) is 25.8 Å². The highest BCUT2D eigenvalue weighted by molar-refractivity contribution is 9.10. The van der Waals surface area contributed by atoms with E-state index < -0.39 is 8.26 Å². The third-order valence-electron chi connectivity index (χ3n) is 1.79. The van der Waals surface area contributed by atoms with Crippen LogP contribution in [0.1, 0.15) is 0 Å². The molecule has 0 fully saturated rings. The van der Waals surface area contributed by atoms with Crippen molar-refractivity contribution in [2.75, 3.05) is 0 Å². The molecule has 19 heavy (non-hydrogen) atoms. The van der Waals surface area contributed by atoms with Gasteiger partial charge in [0.15, 0.2) is 0 Å². The monoisotopic (exact) mass is 382 g/mol. The molecule has 0 saturated heterocycles. The van der Waals surface area contributed by atoms with Crippen LogP contribution in [0.25, 0.3) is 0 Å². The topological polar surface area (TPSA) is 43.4 Å². The van der Waals surface area contributed by atoms with Crippen molar-refractivity contribution < 1.29 is 13.2 Å². The molecule has 0 saturated carbocycles. The molecule has 0 bridgehead atoms. The Labute approximate surface area is 129 Å². The Kier molecular flexibility index (Phi) is 6.65. The molecule has 2 aromatic rings. The predicted octanol–water partition coefficient (Wildman–Crippen LogP) is 4.95. The van der Waals surface area contributed by atoms with Crippen molar-refractivity contribution in [2.45, 2.75) is 0 Å². The van der Waals surface area contributed by atoms with E-state index in [1.54, 1.807) is 0 Å². The van der Waals surface area contributed by atoms with Crippen molar-refractivity contribution in [3.05, 3.63) is 59.1 Å². The Morgan fingerprint density at radius 2 is 1.26 bits per heavy atom. The van der Waals surface area contributed by atoms with Crippen LogP contribution in [-0.4, -0.2) is 8.42 Å². The Balaban J connectivity index is 0.000000312. The summed E-state index contributed by atoms with van der Waals surface area (Å²) in [6, 6.07) is 17.5. The lowest BCUT2D eigenvalue weighted by molar-refractivity contribution is 0.482. The Morgan fingerprint density at radius 3 is 1.74 bits per heavy atom. The first-order chi connectivity index (χ1) is 8.84. The van der Waals surface area contributed by atoms with Gasteiger partial charge < -0.3 is 4.74 Å². The zero-order valence-electron chi connectivity index (χ0n) is 9.46. The number of hydrogen-bond acceptors (Lipinski definition) is 3. The van der Waals surface area contributed by atoms with E-state index in [2.05, 4.69) is 37.3 Å². The molecule has 0 aliphatic heterocycles. The summed E-state index contributed by atoms with van der Waals surface area (Å²) in [5.74, 6) is 1.70. The molecule has 0 atom stereocenters. The maximum absolute atomic E-state index is 9.16. The first-order valence-corrected chi connectivity index (χ1v) is 8.90. The van der Waals surface area contributed by atoms with Gasteiger partial charge in [0.05, 0.1) is 0 Å². The van der Waals surface area contributed by atoms with Gasteiger partial charge in [-0.3, -0.25) is 0 Å². The van der Waals surface area contributed by atoms with Crippen LogP contribution in [0.4, 0.5) is 0 Å². The molecule has 0 heterocycles. The predicted molar refractivity (Wildman–Crippen MR) is 81.3 cm³/mol. The Morgan fingerprint density at radius 1 is 0.842 bits per heavy atom. The standard InChI is InChI=1S/C12H9BrO.Cl2O2S/c13-10-6-8-12(9-7-10)14-11-4-2-1-3-5-11;1-5(2,3)4/h1-9H;. The molecule has 0 spiro atoms. The molecular formula is C12H9BrCl2O3S. The van der Waals surface area contributed by atoms with Crippen molar-refractivity contribution in [3.63, 3.8) is 0 Å². The summed E-state index contributed by atoms with van der Waals surface area (Å²) in [7, 11) is 4.81. The molecule has 0 aliphatic carbocycles. The normalized spacial score (nSPS) is 10.3. The van der Waals surface area contributed by atoms with E-state index in [1.807, 2.05) is 54.6 Å². The number of hydrogen-bond donors (Lipinski definition) is 0. The van der Waals surface area contributed by atoms with Gasteiger partial charge in [-0.25, -0.2) is 0 Å². The van der Waals surface area contributed by atoms with E-state index in [-0.39, 0.29) is 0 Å². The van der Waals surface area contributed by atoms with Gasteiger partial charge in [-0.2, -0.15) is 8.42 Å². The minimum atomic E-state index is -3.72. The van der Waals surface area contributed by atoms with Gasteiger partial charge in [0.25, 0.3) is 0 Å². The van der Waals surface area contributed by atoms with Crippen LogP contribution in [0.5, 0.6) is 11.5 Å². The fourth-order valence-electron chi connectivity index (χ4n) is 1.13. The quantitative estimate of drug-likeness (QED) is 0.689. The minimum Gasteiger partial charge on any atom is -0.457 e. The first-order valence-electron chi connectivity index (χ1n) is 4.97. The maximum atomic E-state index is 9.16. The van der Waals surface area contributed by atoms with E-state index in [0.717, 1.165) is 16.0 Å². The van der Waals surface area contributed by atoms with Gasteiger partial charge >= 0.3 is 8.26 Å². The third kappa shape index (κ3) is 8.88. The number of benzene rings is 2. The van der Waals surface area contributed by atoms with Gasteiger partial charge in [-0.15, -0.1) is 0 Å². The molecule has 0 amide bonds. The van der Waals surface area contributed by atoms with Crippen molar-refractivity contribution in [2.24, 2.45) is 0 Å². The van der Waals surface area contributed by atoms with E-state index in [4.69, 9.17) is 13.2 Å². The van der Waals surface area contributed by atoms with Crippen molar-refractivity contribution >= 4 is 45.6 Å². The minimum absolute atomic E-state index is 0.847. The van der Waals surface area contributed by atoms with Crippen molar-refractivity contribution in [1.29, 1.82) is 0 Å². The van der Waals surface area contributed by atoms with Gasteiger partial charge in [-0.1, -0.05) is 34.1 Å². The van der Waals surface area contributed by atoms with Crippen LogP contribution in [0, 0.1) is 0 Å². The molecule has 3 nitrogen and oxygen atoms in total. The van der Waals surface area contributed by atoms with E-state index in [9.17, 15) is 0 Å². The zero-order valence-corrected chi connectivity index (χ0v) is 13.4. The lowest BCUT2D eigenvalue weighted by Gasteiger charge is -2.04. The smallest absolute Gasteiger partial charge is 0.317 e. The molecule has 0 aliphatic rings. The van der Waals surface area contributed by atoms with E-state index in [1.165, 1.54) is 0 Å². The molecule has 102 valence electrons. The number of para-hydroxylation sites is 1. The summed E-state index contributed by atoms with van der Waals surface area (Å²) in [6.45, 7) is 0. The van der Waals surface area contributed by atoms with Gasteiger partial charge in [0.2, 0.25) is 0 Å². The number of rotatable bonds is 2. The average Bonchev–Trinajstić information content (AvgIpc) is 2.31. The molecule has 2 rings (SSSR count). The highest BCUT2D eigenvalue weighted by Gasteiger charge is 1.94. The lowest BCUT2D eigenvalue weighted by atomic mass is 10.3. The molecule has 0 aromatic heterocycles. The second kappa shape index (κ2) is 7.75. The summed E-state index contributed by atoms with van der Waals surface area (Å²) in [4.78, 5) is 0.